The standard InChI is InChI=1S/C15H27F3N2O/c1-3-5-6-12(4-2)14(21)20(11-15(16,17)18)13-7-9-19-10-8-13/h12-13,19H,3-11H2,1-2H3. The minimum Gasteiger partial charge on any atom is -0.330 e. The molecule has 1 rings (SSSR count). The second-order valence-electron chi connectivity index (χ2n) is 5.81. The van der Waals surface area contributed by atoms with Crippen LogP contribution in [0.15, 0.2) is 0 Å². The number of amides is 1. The monoisotopic (exact) mass is 308 g/mol. The fourth-order valence-electron chi connectivity index (χ4n) is 2.89. The van der Waals surface area contributed by atoms with Gasteiger partial charge in [-0.3, -0.25) is 4.79 Å². The highest BCUT2D eigenvalue weighted by molar-refractivity contribution is 5.79. The summed E-state index contributed by atoms with van der Waals surface area (Å²) in [5.74, 6) is -0.586. The number of rotatable bonds is 7. The Kier molecular flexibility index (Phi) is 7.49. The fourth-order valence-corrected chi connectivity index (χ4v) is 2.89. The van der Waals surface area contributed by atoms with Crippen molar-refractivity contribution >= 4 is 5.91 Å². The van der Waals surface area contributed by atoms with Crippen LogP contribution in [-0.4, -0.2) is 42.7 Å². The molecule has 1 aliphatic heterocycles. The molecule has 1 heterocycles. The molecule has 0 spiro atoms. The lowest BCUT2D eigenvalue weighted by molar-refractivity contribution is -0.169. The summed E-state index contributed by atoms with van der Waals surface area (Å²) in [5, 5.41) is 3.13. The second-order valence-corrected chi connectivity index (χ2v) is 5.81. The van der Waals surface area contributed by atoms with Gasteiger partial charge < -0.3 is 10.2 Å². The van der Waals surface area contributed by atoms with Crippen LogP contribution < -0.4 is 5.32 Å². The Morgan fingerprint density at radius 1 is 1.29 bits per heavy atom. The van der Waals surface area contributed by atoms with Crippen LogP contribution in [0.25, 0.3) is 0 Å². The van der Waals surface area contributed by atoms with Crippen molar-refractivity contribution in [2.75, 3.05) is 19.6 Å². The number of nitrogens with zero attached hydrogens (tertiary/aromatic N) is 1. The second kappa shape index (κ2) is 8.61. The lowest BCUT2D eigenvalue weighted by Gasteiger charge is -2.37. The minimum absolute atomic E-state index is 0.276. The minimum atomic E-state index is -4.33. The number of halogens is 3. The summed E-state index contributed by atoms with van der Waals surface area (Å²) in [6.07, 6.45) is 0.0116. The number of nitrogens with one attached hydrogen (secondary N) is 1. The van der Waals surface area contributed by atoms with Crippen LogP contribution in [0.2, 0.25) is 0 Å². The highest BCUT2D eigenvalue weighted by atomic mass is 19.4. The predicted molar refractivity (Wildman–Crippen MR) is 77.0 cm³/mol. The first-order chi connectivity index (χ1) is 9.89. The Morgan fingerprint density at radius 3 is 2.38 bits per heavy atom. The van der Waals surface area contributed by atoms with E-state index in [9.17, 15) is 18.0 Å². The molecule has 0 aromatic heterocycles. The summed E-state index contributed by atoms with van der Waals surface area (Å²) in [6.45, 7) is 4.15. The van der Waals surface area contributed by atoms with E-state index in [4.69, 9.17) is 0 Å². The van der Waals surface area contributed by atoms with Crippen molar-refractivity contribution in [2.24, 2.45) is 5.92 Å². The van der Waals surface area contributed by atoms with Gasteiger partial charge in [0.05, 0.1) is 0 Å². The molecule has 6 heteroatoms. The largest absolute Gasteiger partial charge is 0.406 e. The zero-order valence-corrected chi connectivity index (χ0v) is 13.0. The van der Waals surface area contributed by atoms with Crippen molar-refractivity contribution in [3.8, 4) is 0 Å². The quantitative estimate of drug-likeness (QED) is 0.782. The number of carbonyl (C=O) groups is 1. The van der Waals surface area contributed by atoms with E-state index in [2.05, 4.69) is 5.32 Å². The Bertz CT molecular complexity index is 315. The van der Waals surface area contributed by atoms with Gasteiger partial charge in [0.15, 0.2) is 0 Å². The van der Waals surface area contributed by atoms with Crippen molar-refractivity contribution in [1.29, 1.82) is 0 Å². The zero-order valence-electron chi connectivity index (χ0n) is 13.0. The molecule has 0 radical (unpaired) electrons. The third-order valence-corrected chi connectivity index (χ3v) is 4.13. The summed E-state index contributed by atoms with van der Waals surface area (Å²) < 4.78 is 38.5. The molecule has 0 aromatic rings. The molecule has 0 aliphatic carbocycles. The Hall–Kier alpha value is -0.780. The number of carbonyl (C=O) groups excluding carboxylic acids is 1. The highest BCUT2D eigenvalue weighted by Crippen LogP contribution is 2.25. The normalized spacial score (nSPS) is 18.5. The van der Waals surface area contributed by atoms with Gasteiger partial charge in [-0.15, -0.1) is 0 Å². The van der Waals surface area contributed by atoms with Gasteiger partial charge in [0.25, 0.3) is 0 Å². The molecule has 1 aliphatic rings. The van der Waals surface area contributed by atoms with E-state index in [0.717, 1.165) is 17.7 Å². The molecule has 1 N–H and O–H groups in total. The third kappa shape index (κ3) is 6.24. The Labute approximate surface area is 125 Å². The fraction of sp³-hybridized carbons (Fsp3) is 0.933. The summed E-state index contributed by atoms with van der Waals surface area (Å²) in [4.78, 5) is 13.7. The molecule has 1 saturated heterocycles. The van der Waals surface area contributed by atoms with Gasteiger partial charge in [-0.1, -0.05) is 26.7 Å². The molecule has 0 saturated carbocycles. The lowest BCUT2D eigenvalue weighted by atomic mass is 9.95. The maximum Gasteiger partial charge on any atom is 0.406 e. The van der Waals surface area contributed by atoms with Crippen LogP contribution in [0.1, 0.15) is 52.4 Å². The van der Waals surface area contributed by atoms with Crippen LogP contribution in [0, 0.1) is 5.92 Å². The number of alkyl halides is 3. The number of hydrogen-bond acceptors (Lipinski definition) is 2. The molecule has 124 valence electrons. The molecule has 1 fully saturated rings. The van der Waals surface area contributed by atoms with Crippen LogP contribution >= 0.6 is 0 Å². The number of unbranched alkanes of at least 4 members (excludes halogenated alkanes) is 1. The summed E-state index contributed by atoms with van der Waals surface area (Å²) in [5.41, 5.74) is 0. The van der Waals surface area contributed by atoms with Crippen LogP contribution in [0.5, 0.6) is 0 Å². The Morgan fingerprint density at radius 2 is 1.90 bits per heavy atom. The van der Waals surface area contributed by atoms with Gasteiger partial charge in [0, 0.05) is 12.0 Å². The predicted octanol–water partition coefficient (Wildman–Crippen LogP) is 3.35. The topological polar surface area (TPSA) is 32.3 Å². The smallest absolute Gasteiger partial charge is 0.330 e. The van der Waals surface area contributed by atoms with Gasteiger partial charge in [0.1, 0.15) is 6.54 Å². The van der Waals surface area contributed by atoms with Gasteiger partial charge in [-0.25, -0.2) is 0 Å². The van der Waals surface area contributed by atoms with Crippen LogP contribution in [-0.2, 0) is 4.79 Å². The molecule has 0 aromatic carbocycles. The number of piperidine rings is 1. The molecular formula is C15H27F3N2O. The van der Waals surface area contributed by atoms with Gasteiger partial charge in [-0.05, 0) is 38.8 Å². The molecule has 1 atom stereocenters. The summed E-state index contributed by atoms with van der Waals surface area (Å²) in [6, 6.07) is -0.281. The first kappa shape index (κ1) is 18.3. The van der Waals surface area contributed by atoms with E-state index < -0.39 is 12.7 Å². The maximum absolute atomic E-state index is 12.8. The molecule has 3 nitrogen and oxygen atoms in total. The lowest BCUT2D eigenvalue weighted by Crippen LogP contribution is -2.51. The van der Waals surface area contributed by atoms with Crippen LogP contribution in [0.4, 0.5) is 13.2 Å². The van der Waals surface area contributed by atoms with E-state index in [-0.39, 0.29) is 17.9 Å². The van der Waals surface area contributed by atoms with Crippen LogP contribution in [0.3, 0.4) is 0 Å². The van der Waals surface area contributed by atoms with E-state index in [1.54, 1.807) is 0 Å². The third-order valence-electron chi connectivity index (χ3n) is 4.13. The first-order valence-corrected chi connectivity index (χ1v) is 7.97. The maximum atomic E-state index is 12.8. The van der Waals surface area contributed by atoms with E-state index in [0.29, 0.717) is 38.8 Å². The van der Waals surface area contributed by atoms with E-state index in [1.807, 2.05) is 13.8 Å². The van der Waals surface area contributed by atoms with Gasteiger partial charge in [0.2, 0.25) is 5.91 Å². The zero-order chi connectivity index (χ0) is 15.9. The molecule has 1 amide bonds. The van der Waals surface area contributed by atoms with Crippen molar-refractivity contribution in [3.05, 3.63) is 0 Å². The number of hydrogen-bond donors (Lipinski definition) is 1. The highest BCUT2D eigenvalue weighted by Gasteiger charge is 2.38. The average molecular weight is 308 g/mol. The SMILES string of the molecule is CCCCC(CC)C(=O)N(CC(F)(F)F)C1CCNCC1. The van der Waals surface area contributed by atoms with Crippen molar-refractivity contribution in [3.63, 3.8) is 0 Å². The van der Waals surface area contributed by atoms with Crippen molar-refractivity contribution < 1.29 is 18.0 Å². The molecule has 0 bridgehead atoms. The molecule has 21 heavy (non-hydrogen) atoms. The van der Waals surface area contributed by atoms with E-state index >= 15 is 0 Å². The summed E-state index contributed by atoms with van der Waals surface area (Å²) >= 11 is 0. The molecule has 1 unspecified atom stereocenters. The van der Waals surface area contributed by atoms with Crippen molar-refractivity contribution in [2.45, 2.75) is 64.6 Å². The van der Waals surface area contributed by atoms with Gasteiger partial charge in [-0.2, -0.15) is 13.2 Å². The Balaban J connectivity index is 2.79. The molecular weight excluding hydrogens is 281 g/mol. The van der Waals surface area contributed by atoms with E-state index in [1.165, 1.54) is 0 Å². The summed E-state index contributed by atoms with van der Waals surface area (Å²) in [7, 11) is 0. The van der Waals surface area contributed by atoms with Gasteiger partial charge >= 0.3 is 6.18 Å². The average Bonchev–Trinajstić information content (AvgIpc) is 2.45. The first-order valence-electron chi connectivity index (χ1n) is 7.97. The van der Waals surface area contributed by atoms with Crippen molar-refractivity contribution in [1.82, 2.24) is 10.2 Å².